The number of amides is 1. The molecule has 1 amide bonds. The van der Waals surface area contributed by atoms with Crippen LogP contribution < -0.4 is 10.6 Å². The summed E-state index contributed by atoms with van der Waals surface area (Å²) in [6, 6.07) is 16.7. The number of hydrogen-bond donors (Lipinski definition) is 2. The second-order valence-corrected chi connectivity index (χ2v) is 8.62. The van der Waals surface area contributed by atoms with E-state index in [4.69, 9.17) is 16.0 Å². The molecule has 4 aromatic rings. The van der Waals surface area contributed by atoms with E-state index in [1.165, 1.54) is 17.6 Å². The molecule has 7 heteroatoms. The first-order chi connectivity index (χ1) is 14.5. The van der Waals surface area contributed by atoms with Crippen molar-refractivity contribution in [2.45, 2.75) is 19.9 Å². The molecule has 4 rings (SSSR count). The summed E-state index contributed by atoms with van der Waals surface area (Å²) >= 11 is 7.79. The molecular formula is C23H20ClN3O2S. The lowest BCUT2D eigenvalue weighted by atomic mass is 10.00. The van der Waals surface area contributed by atoms with Gasteiger partial charge in [0.25, 0.3) is 5.91 Å². The highest BCUT2D eigenvalue weighted by atomic mass is 35.5. The Kier molecular flexibility index (Phi) is 5.88. The second kappa shape index (κ2) is 8.73. The van der Waals surface area contributed by atoms with Gasteiger partial charge >= 0.3 is 0 Å². The summed E-state index contributed by atoms with van der Waals surface area (Å²) in [5.74, 6) is 0.716. The summed E-state index contributed by atoms with van der Waals surface area (Å²) in [7, 11) is 0. The average Bonchev–Trinajstić information content (AvgIpc) is 3.36. The van der Waals surface area contributed by atoms with E-state index in [2.05, 4.69) is 21.7 Å². The van der Waals surface area contributed by atoms with Gasteiger partial charge in [0.15, 0.2) is 5.76 Å². The van der Waals surface area contributed by atoms with Crippen molar-refractivity contribution in [2.24, 2.45) is 0 Å². The molecule has 152 valence electrons. The van der Waals surface area contributed by atoms with Crippen LogP contribution >= 0.6 is 22.9 Å². The second-order valence-electron chi connectivity index (χ2n) is 6.92. The Bertz CT molecular complexity index is 1170. The average molecular weight is 438 g/mol. The number of thiophene rings is 1. The number of nitrogens with one attached hydrogen (secondary N) is 2. The molecule has 0 bridgehead atoms. The van der Waals surface area contributed by atoms with Gasteiger partial charge in [-0.25, -0.2) is 4.98 Å². The molecule has 0 aliphatic heterocycles. The Morgan fingerprint density at radius 2 is 2.00 bits per heavy atom. The number of benzene rings is 1. The maximum absolute atomic E-state index is 12.6. The van der Waals surface area contributed by atoms with E-state index in [-0.39, 0.29) is 17.7 Å². The predicted octanol–water partition coefficient (Wildman–Crippen LogP) is 6.46. The SMILES string of the molecule is Cc1ccnc(N[C@H](c2cccc(Cl)c2)c2cc(C)sc2NC(=O)c2ccco2)c1. The molecule has 0 unspecified atom stereocenters. The van der Waals surface area contributed by atoms with Crippen LogP contribution in [0.4, 0.5) is 10.8 Å². The Hall–Kier alpha value is -3.09. The summed E-state index contributed by atoms with van der Waals surface area (Å²) in [5, 5.41) is 7.88. The van der Waals surface area contributed by atoms with Crippen LogP contribution in [-0.2, 0) is 0 Å². The van der Waals surface area contributed by atoms with Crippen LogP contribution in [0.5, 0.6) is 0 Å². The van der Waals surface area contributed by atoms with Gasteiger partial charge in [-0.3, -0.25) is 4.79 Å². The molecule has 0 saturated heterocycles. The van der Waals surface area contributed by atoms with Gasteiger partial charge in [0.1, 0.15) is 10.8 Å². The molecule has 0 radical (unpaired) electrons. The molecule has 0 fully saturated rings. The fraction of sp³-hybridized carbons (Fsp3) is 0.130. The summed E-state index contributed by atoms with van der Waals surface area (Å²) in [6.07, 6.45) is 3.25. The molecule has 5 nitrogen and oxygen atoms in total. The topological polar surface area (TPSA) is 67.2 Å². The molecule has 3 aromatic heterocycles. The van der Waals surface area contributed by atoms with Crippen molar-refractivity contribution in [1.82, 2.24) is 4.98 Å². The fourth-order valence-electron chi connectivity index (χ4n) is 3.21. The number of halogens is 1. The first-order valence-corrected chi connectivity index (χ1v) is 10.6. The lowest BCUT2D eigenvalue weighted by molar-refractivity contribution is 0.0997. The van der Waals surface area contributed by atoms with Crippen LogP contribution in [0, 0.1) is 13.8 Å². The Labute approximate surface area is 183 Å². The number of carbonyl (C=O) groups is 1. The molecule has 1 aromatic carbocycles. The minimum absolute atomic E-state index is 0.255. The first kappa shape index (κ1) is 20.2. The van der Waals surface area contributed by atoms with Crippen LogP contribution in [-0.4, -0.2) is 10.9 Å². The van der Waals surface area contributed by atoms with Crippen molar-refractivity contribution >= 4 is 39.7 Å². The number of aromatic nitrogens is 1. The third-order valence-electron chi connectivity index (χ3n) is 4.56. The maximum atomic E-state index is 12.6. The highest BCUT2D eigenvalue weighted by Gasteiger charge is 2.23. The Morgan fingerprint density at radius 1 is 1.13 bits per heavy atom. The molecule has 0 aliphatic carbocycles. The van der Waals surface area contributed by atoms with E-state index in [1.54, 1.807) is 18.3 Å². The van der Waals surface area contributed by atoms with Gasteiger partial charge in [-0.15, -0.1) is 11.3 Å². The van der Waals surface area contributed by atoms with Crippen LogP contribution in [0.1, 0.15) is 38.2 Å². The number of hydrogen-bond acceptors (Lipinski definition) is 5. The molecule has 1 atom stereocenters. The zero-order chi connectivity index (χ0) is 21.1. The number of carbonyl (C=O) groups excluding carboxylic acids is 1. The van der Waals surface area contributed by atoms with E-state index in [9.17, 15) is 4.79 Å². The van der Waals surface area contributed by atoms with E-state index in [0.29, 0.717) is 5.02 Å². The van der Waals surface area contributed by atoms with Gasteiger partial charge < -0.3 is 15.1 Å². The minimum atomic E-state index is -0.290. The normalized spacial score (nSPS) is 11.8. The monoisotopic (exact) mass is 437 g/mol. The number of nitrogens with zero attached hydrogens (tertiary/aromatic N) is 1. The van der Waals surface area contributed by atoms with E-state index >= 15 is 0 Å². The number of furan rings is 1. The van der Waals surface area contributed by atoms with Crippen molar-refractivity contribution in [3.8, 4) is 0 Å². The van der Waals surface area contributed by atoms with Gasteiger partial charge in [0, 0.05) is 21.7 Å². The van der Waals surface area contributed by atoms with Crippen LogP contribution in [0.2, 0.25) is 5.02 Å². The zero-order valence-electron chi connectivity index (χ0n) is 16.5. The number of anilines is 2. The standard InChI is InChI=1S/C23H20ClN3O2S/c1-14-8-9-25-20(11-14)26-21(16-5-3-6-17(24)13-16)18-12-15(2)30-23(18)27-22(28)19-7-4-10-29-19/h3-13,21H,1-2H3,(H,25,26)(H,27,28)/t21-/m1/s1. The van der Waals surface area contributed by atoms with Crippen LogP contribution in [0.15, 0.2) is 71.5 Å². The largest absolute Gasteiger partial charge is 0.459 e. The summed E-state index contributed by atoms with van der Waals surface area (Å²) in [4.78, 5) is 18.1. The van der Waals surface area contributed by atoms with E-state index < -0.39 is 0 Å². The lowest BCUT2D eigenvalue weighted by Gasteiger charge is -2.21. The molecule has 0 aliphatic rings. The number of rotatable bonds is 6. The van der Waals surface area contributed by atoms with E-state index in [1.807, 2.05) is 50.2 Å². The maximum Gasteiger partial charge on any atom is 0.291 e. The first-order valence-electron chi connectivity index (χ1n) is 9.39. The summed E-state index contributed by atoms with van der Waals surface area (Å²) in [5.41, 5.74) is 3.00. The quantitative estimate of drug-likeness (QED) is 0.363. The van der Waals surface area contributed by atoms with Crippen molar-refractivity contribution in [1.29, 1.82) is 0 Å². The number of pyridine rings is 1. The van der Waals surface area contributed by atoms with Gasteiger partial charge in [-0.1, -0.05) is 23.7 Å². The highest BCUT2D eigenvalue weighted by Crippen LogP contribution is 2.38. The van der Waals surface area contributed by atoms with E-state index in [0.717, 1.165) is 32.4 Å². The molecule has 3 heterocycles. The van der Waals surface area contributed by atoms with Crippen molar-refractivity contribution in [3.05, 3.63) is 99.4 Å². The van der Waals surface area contributed by atoms with Gasteiger partial charge in [0.05, 0.1) is 12.3 Å². The smallest absolute Gasteiger partial charge is 0.291 e. The van der Waals surface area contributed by atoms with Crippen molar-refractivity contribution < 1.29 is 9.21 Å². The molecular weight excluding hydrogens is 418 g/mol. The van der Waals surface area contributed by atoms with Crippen LogP contribution in [0.3, 0.4) is 0 Å². The summed E-state index contributed by atoms with van der Waals surface area (Å²) in [6.45, 7) is 4.03. The molecule has 0 spiro atoms. The van der Waals surface area contributed by atoms with Gasteiger partial charge in [-0.2, -0.15) is 0 Å². The van der Waals surface area contributed by atoms with Gasteiger partial charge in [-0.05, 0) is 67.4 Å². The predicted molar refractivity (Wildman–Crippen MR) is 122 cm³/mol. The zero-order valence-corrected chi connectivity index (χ0v) is 18.1. The van der Waals surface area contributed by atoms with Gasteiger partial charge in [0.2, 0.25) is 0 Å². The molecule has 0 saturated carbocycles. The summed E-state index contributed by atoms with van der Waals surface area (Å²) < 4.78 is 5.23. The van der Waals surface area contributed by atoms with Crippen molar-refractivity contribution in [3.63, 3.8) is 0 Å². The van der Waals surface area contributed by atoms with Crippen LogP contribution in [0.25, 0.3) is 0 Å². The number of aryl methyl sites for hydroxylation is 2. The Morgan fingerprint density at radius 3 is 2.73 bits per heavy atom. The molecule has 30 heavy (non-hydrogen) atoms. The van der Waals surface area contributed by atoms with Crippen molar-refractivity contribution in [2.75, 3.05) is 10.6 Å². The molecule has 2 N–H and O–H groups in total. The third-order valence-corrected chi connectivity index (χ3v) is 5.77. The highest BCUT2D eigenvalue weighted by molar-refractivity contribution is 7.16. The third kappa shape index (κ3) is 4.56. The lowest BCUT2D eigenvalue weighted by Crippen LogP contribution is -2.17. The fourth-order valence-corrected chi connectivity index (χ4v) is 4.35. The Balaban J connectivity index is 1.74. The minimum Gasteiger partial charge on any atom is -0.459 e.